The average Bonchev–Trinajstić information content (AvgIpc) is 3.07. The Hall–Kier alpha value is -3.99. The summed E-state index contributed by atoms with van der Waals surface area (Å²) in [6.07, 6.45) is -1.81. The van der Waals surface area contributed by atoms with Gasteiger partial charge in [-0.25, -0.2) is 13.2 Å². The van der Waals surface area contributed by atoms with Gasteiger partial charge in [-0.15, -0.1) is 0 Å². The van der Waals surface area contributed by atoms with E-state index in [0.29, 0.717) is 18.8 Å². The minimum absolute atomic E-state index is 0.0251. The van der Waals surface area contributed by atoms with Gasteiger partial charge in [-0.05, 0) is 53.6 Å². The van der Waals surface area contributed by atoms with Crippen LogP contribution in [0.1, 0.15) is 37.8 Å². The number of ether oxygens (including phenoxy) is 4. The maximum atomic E-state index is 14.1. The van der Waals surface area contributed by atoms with E-state index in [1.165, 1.54) is 16.4 Å². The van der Waals surface area contributed by atoms with Crippen molar-refractivity contribution in [2.75, 3.05) is 33.1 Å². The minimum atomic E-state index is -4.14. The first-order valence-electron chi connectivity index (χ1n) is 15.5. The van der Waals surface area contributed by atoms with E-state index in [0.717, 1.165) is 11.1 Å². The Morgan fingerprint density at radius 1 is 1.02 bits per heavy atom. The van der Waals surface area contributed by atoms with Gasteiger partial charge in [0.2, 0.25) is 10.0 Å². The molecule has 3 aromatic carbocycles. The first-order valence-corrected chi connectivity index (χ1v) is 17.0. The zero-order chi connectivity index (χ0) is 33.7. The van der Waals surface area contributed by atoms with Gasteiger partial charge < -0.3 is 29.4 Å². The molecule has 1 aliphatic rings. The SMILES string of the molecule is CC(C)(CCC#N)CN(CC(O)[C@H](Cc1ccccc1)NC(=O)OC1COCOC1)S(=O)(=O)c1ccc(OCc2ccccc2)cc1. The normalized spacial score (nSPS) is 15.4. The summed E-state index contributed by atoms with van der Waals surface area (Å²) in [5.74, 6) is 0.508. The van der Waals surface area contributed by atoms with Crippen LogP contribution >= 0.6 is 0 Å². The first kappa shape index (κ1) is 35.9. The molecule has 1 amide bonds. The lowest BCUT2D eigenvalue weighted by atomic mass is 9.88. The van der Waals surface area contributed by atoms with Crippen molar-refractivity contribution in [2.45, 2.75) is 62.9 Å². The number of carbonyl (C=O) groups excluding carboxylic acids is 1. The van der Waals surface area contributed by atoms with E-state index in [1.54, 1.807) is 12.1 Å². The summed E-state index contributed by atoms with van der Waals surface area (Å²) in [5.41, 5.74) is 1.21. The van der Waals surface area contributed by atoms with Crippen LogP contribution in [0.3, 0.4) is 0 Å². The Morgan fingerprint density at radius 2 is 1.64 bits per heavy atom. The predicted octanol–water partition coefficient (Wildman–Crippen LogP) is 4.66. The highest BCUT2D eigenvalue weighted by Gasteiger charge is 2.35. The zero-order valence-electron chi connectivity index (χ0n) is 26.8. The van der Waals surface area contributed by atoms with Gasteiger partial charge in [-0.3, -0.25) is 0 Å². The minimum Gasteiger partial charge on any atom is -0.489 e. The summed E-state index contributed by atoms with van der Waals surface area (Å²) in [6, 6.07) is 26.3. The molecule has 1 fully saturated rings. The summed E-state index contributed by atoms with van der Waals surface area (Å²) in [7, 11) is -4.14. The Kier molecular flexibility index (Phi) is 13.2. The molecule has 12 heteroatoms. The number of rotatable bonds is 16. The fourth-order valence-corrected chi connectivity index (χ4v) is 6.80. The van der Waals surface area contributed by atoms with Gasteiger partial charge in [0.05, 0.1) is 36.3 Å². The number of sulfonamides is 1. The number of amides is 1. The van der Waals surface area contributed by atoms with Crippen LogP contribution in [0.25, 0.3) is 0 Å². The summed E-state index contributed by atoms with van der Waals surface area (Å²) in [6.45, 7) is 4.28. The quantitative estimate of drug-likeness (QED) is 0.223. The molecule has 2 atom stereocenters. The lowest BCUT2D eigenvalue weighted by Crippen LogP contribution is -2.52. The van der Waals surface area contributed by atoms with Crippen molar-refractivity contribution < 1.29 is 37.3 Å². The predicted molar refractivity (Wildman–Crippen MR) is 175 cm³/mol. The second kappa shape index (κ2) is 17.2. The van der Waals surface area contributed by atoms with Crippen LogP contribution in [0.5, 0.6) is 5.75 Å². The van der Waals surface area contributed by atoms with Crippen molar-refractivity contribution in [3.8, 4) is 11.8 Å². The smallest absolute Gasteiger partial charge is 0.407 e. The topological polar surface area (TPSA) is 147 Å². The monoisotopic (exact) mass is 665 g/mol. The Labute approximate surface area is 277 Å². The number of nitrogens with zero attached hydrogens (tertiary/aromatic N) is 2. The Balaban J connectivity index is 1.55. The van der Waals surface area contributed by atoms with Crippen LogP contribution in [0.2, 0.25) is 0 Å². The van der Waals surface area contributed by atoms with Crippen molar-refractivity contribution in [1.29, 1.82) is 5.26 Å². The molecular formula is C35H43N3O8S. The molecule has 0 saturated carbocycles. The number of alkyl carbamates (subject to hydrolysis) is 1. The molecule has 0 aliphatic carbocycles. The molecule has 1 unspecified atom stereocenters. The van der Waals surface area contributed by atoms with Crippen LogP contribution in [-0.4, -0.2) is 75.3 Å². The standard InChI is InChI=1S/C35H43N3O8S/c1-35(2,18-9-19-36)25-38(47(41,42)31-16-14-29(15-17-31)45-22-28-12-7-4-8-13-28)21-33(39)32(20-27-10-5-3-6-11-27)37-34(40)46-30-23-43-26-44-24-30/h3-8,10-17,30,32-33,39H,9,18,20-26H2,1-2H3,(H,37,40)/t32-,33?/m0/s1. The van der Waals surface area contributed by atoms with Gasteiger partial charge in [0, 0.05) is 19.5 Å². The molecule has 1 heterocycles. The fraction of sp³-hybridized carbons (Fsp3) is 0.429. The van der Waals surface area contributed by atoms with Crippen molar-refractivity contribution >= 4 is 16.1 Å². The van der Waals surface area contributed by atoms with E-state index in [4.69, 9.17) is 18.9 Å². The van der Waals surface area contributed by atoms with Crippen LogP contribution in [0.4, 0.5) is 4.79 Å². The third-order valence-electron chi connectivity index (χ3n) is 7.73. The van der Waals surface area contributed by atoms with Crippen molar-refractivity contribution in [3.05, 3.63) is 96.1 Å². The van der Waals surface area contributed by atoms with Gasteiger partial charge in [-0.2, -0.15) is 9.57 Å². The molecule has 4 rings (SSSR count). The second-order valence-corrected chi connectivity index (χ2v) is 14.2. The largest absolute Gasteiger partial charge is 0.489 e. The number of benzene rings is 3. The van der Waals surface area contributed by atoms with E-state index in [1.807, 2.05) is 74.5 Å². The van der Waals surface area contributed by atoms with Crippen molar-refractivity contribution in [3.63, 3.8) is 0 Å². The Bertz CT molecular complexity index is 1540. The molecule has 0 radical (unpaired) electrons. The highest BCUT2D eigenvalue weighted by Crippen LogP contribution is 2.29. The van der Waals surface area contributed by atoms with Gasteiger partial charge in [-0.1, -0.05) is 74.5 Å². The van der Waals surface area contributed by atoms with Gasteiger partial charge in [0.25, 0.3) is 0 Å². The van der Waals surface area contributed by atoms with Gasteiger partial charge >= 0.3 is 6.09 Å². The first-order chi connectivity index (χ1) is 22.6. The highest BCUT2D eigenvalue weighted by molar-refractivity contribution is 7.89. The summed E-state index contributed by atoms with van der Waals surface area (Å²) < 4.78 is 51.2. The van der Waals surface area contributed by atoms with E-state index in [2.05, 4.69) is 11.4 Å². The molecule has 11 nitrogen and oxygen atoms in total. The molecule has 47 heavy (non-hydrogen) atoms. The molecule has 2 N–H and O–H groups in total. The number of aliphatic hydroxyl groups excluding tert-OH is 1. The number of nitriles is 1. The number of nitrogens with one attached hydrogen (secondary N) is 1. The average molecular weight is 666 g/mol. The third kappa shape index (κ3) is 11.3. The molecule has 1 aliphatic heterocycles. The van der Waals surface area contributed by atoms with Crippen molar-refractivity contribution in [2.24, 2.45) is 5.41 Å². The number of hydrogen-bond acceptors (Lipinski definition) is 9. The zero-order valence-corrected chi connectivity index (χ0v) is 27.6. The molecule has 3 aromatic rings. The number of hydrogen-bond donors (Lipinski definition) is 2. The van der Waals surface area contributed by atoms with E-state index in [9.17, 15) is 23.6 Å². The third-order valence-corrected chi connectivity index (χ3v) is 9.56. The summed E-state index contributed by atoms with van der Waals surface area (Å²) in [5, 5.41) is 23.5. The van der Waals surface area contributed by atoms with E-state index >= 15 is 0 Å². The summed E-state index contributed by atoms with van der Waals surface area (Å²) in [4.78, 5) is 12.9. The highest BCUT2D eigenvalue weighted by atomic mass is 32.2. The summed E-state index contributed by atoms with van der Waals surface area (Å²) >= 11 is 0. The molecule has 252 valence electrons. The molecule has 1 saturated heterocycles. The van der Waals surface area contributed by atoms with Gasteiger partial charge in [0.15, 0.2) is 6.10 Å². The molecular weight excluding hydrogens is 622 g/mol. The van der Waals surface area contributed by atoms with E-state index < -0.39 is 39.8 Å². The lowest BCUT2D eigenvalue weighted by Gasteiger charge is -2.35. The van der Waals surface area contributed by atoms with Crippen LogP contribution in [-0.2, 0) is 37.3 Å². The number of aliphatic hydroxyl groups is 1. The molecule has 0 bridgehead atoms. The second-order valence-electron chi connectivity index (χ2n) is 12.3. The number of carbonyl (C=O) groups is 1. The van der Waals surface area contributed by atoms with Crippen LogP contribution in [0, 0.1) is 16.7 Å². The fourth-order valence-electron chi connectivity index (χ4n) is 5.15. The van der Waals surface area contributed by atoms with Crippen LogP contribution in [0.15, 0.2) is 89.8 Å². The van der Waals surface area contributed by atoms with Crippen LogP contribution < -0.4 is 10.1 Å². The molecule has 0 spiro atoms. The lowest BCUT2D eigenvalue weighted by molar-refractivity contribution is -0.151. The maximum Gasteiger partial charge on any atom is 0.407 e. The molecule has 0 aromatic heterocycles. The Morgan fingerprint density at radius 3 is 2.26 bits per heavy atom. The van der Waals surface area contributed by atoms with Gasteiger partial charge in [0.1, 0.15) is 19.1 Å². The van der Waals surface area contributed by atoms with E-state index in [-0.39, 0.29) is 50.8 Å². The maximum absolute atomic E-state index is 14.1. The van der Waals surface area contributed by atoms with Crippen molar-refractivity contribution in [1.82, 2.24) is 9.62 Å².